The number of imide groups is 1. The second kappa shape index (κ2) is 4.31. The highest BCUT2D eigenvalue weighted by Gasteiger charge is 2.45. The Balaban J connectivity index is 2.43. The molecule has 96 valence electrons. The molecule has 2 unspecified atom stereocenters. The van der Waals surface area contributed by atoms with E-state index in [0.29, 0.717) is 0 Å². The molecule has 2 atom stereocenters. The summed E-state index contributed by atoms with van der Waals surface area (Å²) in [5.41, 5.74) is 0.482. The van der Waals surface area contributed by atoms with Crippen LogP contribution < -0.4 is 0 Å². The van der Waals surface area contributed by atoms with E-state index in [2.05, 4.69) is 4.52 Å². The van der Waals surface area contributed by atoms with E-state index in [0.717, 1.165) is 12.0 Å². The van der Waals surface area contributed by atoms with Crippen molar-refractivity contribution in [3.05, 3.63) is 35.4 Å². The lowest BCUT2D eigenvalue weighted by molar-refractivity contribution is 0.0621. The van der Waals surface area contributed by atoms with E-state index in [1.54, 1.807) is 12.1 Å². The molecule has 6 nitrogen and oxygen atoms in total. The Hall–Kier alpha value is -1.49. The number of carbonyl (C=O) groups excluding carboxylic acids is 2. The molecule has 0 aromatic heterocycles. The van der Waals surface area contributed by atoms with Gasteiger partial charge in [0.05, 0.1) is 11.1 Å². The first-order valence-corrected chi connectivity index (χ1v) is 6.90. The lowest BCUT2D eigenvalue weighted by Crippen LogP contribution is -2.38. The van der Waals surface area contributed by atoms with Gasteiger partial charge in [0.2, 0.25) is 0 Å². The molecule has 1 heterocycles. The zero-order chi connectivity index (χ0) is 13.5. The Morgan fingerprint density at radius 2 is 1.67 bits per heavy atom. The molecule has 1 N–H and O–H groups in total. The number of fused-ring (bicyclic) bond motifs is 1. The molecule has 1 aromatic rings. The monoisotopic (exact) mass is 269 g/mol. The number of hydrogen-bond donors (Lipinski definition) is 1. The van der Waals surface area contributed by atoms with Gasteiger partial charge in [-0.15, -0.1) is 0 Å². The van der Waals surface area contributed by atoms with E-state index in [4.69, 9.17) is 0 Å². The standard InChI is InChI=1S/C11H12NO5P/c1-7(18(15,16)17-2)12-10(13)8-5-3-4-6-9(8)11(12)14/h3-7H,1-2H3,(H,15,16). The topological polar surface area (TPSA) is 83.9 Å². The Labute approximate surface area is 104 Å². The Morgan fingerprint density at radius 3 is 2.06 bits per heavy atom. The van der Waals surface area contributed by atoms with E-state index < -0.39 is 25.2 Å². The molecule has 0 fully saturated rings. The maximum Gasteiger partial charge on any atom is 0.350 e. The van der Waals surface area contributed by atoms with Gasteiger partial charge in [0.25, 0.3) is 11.8 Å². The lowest BCUT2D eigenvalue weighted by atomic mass is 10.1. The molecule has 0 radical (unpaired) electrons. The van der Waals surface area contributed by atoms with Crippen LogP contribution in [0.15, 0.2) is 24.3 Å². The number of amides is 2. The van der Waals surface area contributed by atoms with E-state index in [1.807, 2.05) is 0 Å². The molecular weight excluding hydrogens is 257 g/mol. The average molecular weight is 269 g/mol. The average Bonchev–Trinajstić information content (AvgIpc) is 2.62. The number of carbonyl (C=O) groups is 2. The van der Waals surface area contributed by atoms with Gasteiger partial charge >= 0.3 is 7.60 Å². The normalized spacial score (nSPS) is 19.6. The van der Waals surface area contributed by atoms with Gasteiger partial charge in [-0.05, 0) is 19.1 Å². The number of nitrogens with zero attached hydrogens (tertiary/aromatic N) is 1. The van der Waals surface area contributed by atoms with Gasteiger partial charge in [0.1, 0.15) is 5.78 Å². The largest absolute Gasteiger partial charge is 0.350 e. The molecule has 0 spiro atoms. The maximum atomic E-state index is 12.0. The third-order valence-electron chi connectivity index (χ3n) is 2.93. The second-order valence-electron chi connectivity index (χ2n) is 3.90. The molecular formula is C11H12NO5P. The highest BCUT2D eigenvalue weighted by Crippen LogP contribution is 2.49. The van der Waals surface area contributed by atoms with E-state index in [9.17, 15) is 19.0 Å². The summed E-state index contributed by atoms with van der Waals surface area (Å²) >= 11 is 0. The van der Waals surface area contributed by atoms with Gasteiger partial charge in [0, 0.05) is 7.11 Å². The SMILES string of the molecule is COP(=O)(O)C(C)N1C(=O)c2ccccc2C1=O. The summed E-state index contributed by atoms with van der Waals surface area (Å²) in [5, 5.41) is 0. The third-order valence-corrected chi connectivity index (χ3v) is 4.63. The predicted molar refractivity (Wildman–Crippen MR) is 63.2 cm³/mol. The third kappa shape index (κ3) is 1.79. The summed E-state index contributed by atoms with van der Waals surface area (Å²) in [5.74, 6) is -2.36. The molecule has 1 aromatic carbocycles. The summed E-state index contributed by atoms with van der Waals surface area (Å²) in [6.45, 7) is 1.31. The van der Waals surface area contributed by atoms with Crippen molar-refractivity contribution < 1.29 is 23.6 Å². The van der Waals surface area contributed by atoms with Gasteiger partial charge in [-0.25, -0.2) is 0 Å². The maximum absolute atomic E-state index is 12.0. The Kier molecular flexibility index (Phi) is 3.11. The first kappa shape index (κ1) is 13.0. The summed E-state index contributed by atoms with van der Waals surface area (Å²) in [6.07, 6.45) is 0. The smallest absolute Gasteiger partial charge is 0.323 e. The Morgan fingerprint density at radius 1 is 1.22 bits per heavy atom. The number of benzene rings is 1. The van der Waals surface area contributed by atoms with Crippen molar-refractivity contribution in [2.75, 3.05) is 7.11 Å². The van der Waals surface area contributed by atoms with Gasteiger partial charge in [-0.3, -0.25) is 19.1 Å². The van der Waals surface area contributed by atoms with Crippen LogP contribution in [-0.2, 0) is 9.09 Å². The molecule has 7 heteroatoms. The van der Waals surface area contributed by atoms with Crippen LogP contribution in [0.25, 0.3) is 0 Å². The van der Waals surface area contributed by atoms with E-state index in [-0.39, 0.29) is 11.1 Å². The van der Waals surface area contributed by atoms with Crippen molar-refractivity contribution in [2.24, 2.45) is 0 Å². The van der Waals surface area contributed by atoms with Crippen LogP contribution in [0.5, 0.6) is 0 Å². The quantitative estimate of drug-likeness (QED) is 0.663. The van der Waals surface area contributed by atoms with E-state index in [1.165, 1.54) is 19.1 Å². The van der Waals surface area contributed by atoms with Crippen LogP contribution in [0.3, 0.4) is 0 Å². The Bertz CT molecular complexity index is 535. The molecule has 0 aliphatic carbocycles. The summed E-state index contributed by atoms with van der Waals surface area (Å²) in [4.78, 5) is 34.4. The highest BCUT2D eigenvalue weighted by molar-refractivity contribution is 7.53. The van der Waals surface area contributed by atoms with Crippen LogP contribution in [0, 0.1) is 0 Å². The molecule has 0 saturated heterocycles. The van der Waals surface area contributed by atoms with Crippen LogP contribution in [-0.4, -0.2) is 34.5 Å². The summed E-state index contributed by atoms with van der Waals surface area (Å²) in [7, 11) is -2.97. The lowest BCUT2D eigenvalue weighted by Gasteiger charge is -2.25. The zero-order valence-electron chi connectivity index (χ0n) is 9.86. The van der Waals surface area contributed by atoms with Gasteiger partial charge in [-0.1, -0.05) is 12.1 Å². The molecule has 1 aliphatic heterocycles. The minimum atomic E-state index is -4.03. The molecule has 0 bridgehead atoms. The van der Waals surface area contributed by atoms with Crippen molar-refractivity contribution in [2.45, 2.75) is 12.7 Å². The minimum Gasteiger partial charge on any atom is -0.323 e. The first-order valence-electron chi connectivity index (χ1n) is 5.25. The van der Waals surface area contributed by atoms with Crippen molar-refractivity contribution in [1.29, 1.82) is 0 Å². The van der Waals surface area contributed by atoms with Crippen LogP contribution in [0.1, 0.15) is 27.6 Å². The number of rotatable bonds is 3. The van der Waals surface area contributed by atoms with Crippen molar-refractivity contribution in [3.63, 3.8) is 0 Å². The molecule has 0 saturated carbocycles. The van der Waals surface area contributed by atoms with Crippen LogP contribution in [0.4, 0.5) is 0 Å². The van der Waals surface area contributed by atoms with Crippen molar-refractivity contribution in [1.82, 2.24) is 4.90 Å². The zero-order valence-corrected chi connectivity index (χ0v) is 10.8. The second-order valence-corrected chi connectivity index (χ2v) is 6.15. The molecule has 18 heavy (non-hydrogen) atoms. The van der Waals surface area contributed by atoms with Crippen LogP contribution >= 0.6 is 7.60 Å². The molecule has 2 rings (SSSR count). The van der Waals surface area contributed by atoms with Gasteiger partial charge in [-0.2, -0.15) is 0 Å². The van der Waals surface area contributed by atoms with Crippen molar-refractivity contribution >= 4 is 19.4 Å². The van der Waals surface area contributed by atoms with Crippen LogP contribution in [0.2, 0.25) is 0 Å². The first-order chi connectivity index (χ1) is 8.40. The van der Waals surface area contributed by atoms with E-state index >= 15 is 0 Å². The fraction of sp³-hybridized carbons (Fsp3) is 0.273. The summed E-state index contributed by atoms with van der Waals surface area (Å²) in [6, 6.07) is 6.29. The minimum absolute atomic E-state index is 0.241. The van der Waals surface area contributed by atoms with Gasteiger partial charge in [0.15, 0.2) is 0 Å². The van der Waals surface area contributed by atoms with Gasteiger partial charge < -0.3 is 9.42 Å². The fourth-order valence-corrected chi connectivity index (χ4v) is 2.65. The molecule has 2 amide bonds. The predicted octanol–water partition coefficient (Wildman–Crippen LogP) is 1.46. The van der Waals surface area contributed by atoms with Crippen molar-refractivity contribution in [3.8, 4) is 0 Å². The fourth-order valence-electron chi connectivity index (χ4n) is 1.85. The molecule has 1 aliphatic rings. The highest BCUT2D eigenvalue weighted by atomic mass is 31.2. The number of hydrogen-bond acceptors (Lipinski definition) is 4. The summed E-state index contributed by atoms with van der Waals surface area (Å²) < 4.78 is 16.2.